The first-order chi connectivity index (χ1) is 12.0. The third kappa shape index (κ3) is 3.84. The second-order valence-electron chi connectivity index (χ2n) is 6.89. The zero-order valence-corrected chi connectivity index (χ0v) is 15.8. The monoisotopic (exact) mass is 363 g/mol. The number of hydrogen-bond donors (Lipinski definition) is 0. The highest BCUT2D eigenvalue weighted by atomic mass is 32.1. The van der Waals surface area contributed by atoms with E-state index in [-0.39, 0.29) is 10.8 Å². The Morgan fingerprint density at radius 2 is 2.08 bits per heavy atom. The molecule has 0 spiro atoms. The minimum absolute atomic E-state index is 0.0111. The maximum atomic E-state index is 12.5. The van der Waals surface area contributed by atoms with E-state index in [0.717, 1.165) is 37.4 Å². The van der Waals surface area contributed by atoms with Gasteiger partial charge in [-0.2, -0.15) is 0 Å². The molecule has 1 fully saturated rings. The maximum absolute atomic E-state index is 12.5. The number of carbonyl (C=O) groups excluding carboxylic acids is 1. The highest BCUT2D eigenvalue weighted by Crippen LogP contribution is 2.28. The van der Waals surface area contributed by atoms with Crippen molar-refractivity contribution in [3.8, 4) is 0 Å². The summed E-state index contributed by atoms with van der Waals surface area (Å²) in [7, 11) is 0. The number of nitrogens with zero attached hydrogens (tertiary/aromatic N) is 5. The summed E-state index contributed by atoms with van der Waals surface area (Å²) in [6, 6.07) is 0.344. The molecule has 3 rings (SSSR count). The van der Waals surface area contributed by atoms with Crippen molar-refractivity contribution in [1.82, 2.24) is 24.2 Å². The standard InChI is InChI=1S/C17H25N5O2S/c1-12(2)22-11-18-19-16(22)14-4-7-20(8-5-14)15(23)6-9-21-13(3)10-25-17(21)24/h10-12,14H,4-9H2,1-3H3. The highest BCUT2D eigenvalue weighted by molar-refractivity contribution is 7.07. The van der Waals surface area contributed by atoms with Crippen molar-refractivity contribution in [3.63, 3.8) is 0 Å². The summed E-state index contributed by atoms with van der Waals surface area (Å²) in [6.07, 6.45) is 3.99. The van der Waals surface area contributed by atoms with Crippen LogP contribution in [0.3, 0.4) is 0 Å². The Kier molecular flexibility index (Phi) is 5.36. The normalized spacial score (nSPS) is 15.9. The summed E-state index contributed by atoms with van der Waals surface area (Å²) in [6.45, 7) is 8.10. The lowest BCUT2D eigenvalue weighted by atomic mass is 9.95. The SMILES string of the molecule is Cc1csc(=O)n1CCC(=O)N1CCC(c2nncn2C(C)C)CC1. The molecule has 1 aliphatic heterocycles. The number of thiazole rings is 1. The molecule has 0 saturated carbocycles. The minimum atomic E-state index is 0.0111. The third-order valence-electron chi connectivity index (χ3n) is 4.90. The van der Waals surface area contributed by atoms with Crippen LogP contribution in [0.15, 0.2) is 16.5 Å². The van der Waals surface area contributed by atoms with Gasteiger partial charge >= 0.3 is 4.87 Å². The molecule has 0 aliphatic carbocycles. The average Bonchev–Trinajstić information content (AvgIpc) is 3.21. The van der Waals surface area contributed by atoms with E-state index < -0.39 is 0 Å². The van der Waals surface area contributed by atoms with Crippen LogP contribution in [-0.4, -0.2) is 43.2 Å². The van der Waals surface area contributed by atoms with Crippen LogP contribution >= 0.6 is 11.3 Å². The van der Waals surface area contributed by atoms with Gasteiger partial charge < -0.3 is 14.0 Å². The van der Waals surface area contributed by atoms with Crippen LogP contribution in [0.2, 0.25) is 0 Å². The van der Waals surface area contributed by atoms with Crippen LogP contribution in [0.1, 0.15) is 56.6 Å². The second-order valence-corrected chi connectivity index (χ2v) is 7.71. The highest BCUT2D eigenvalue weighted by Gasteiger charge is 2.27. The molecule has 0 radical (unpaired) electrons. The van der Waals surface area contributed by atoms with Gasteiger partial charge in [0.25, 0.3) is 0 Å². The largest absolute Gasteiger partial charge is 0.343 e. The molecule has 0 aromatic carbocycles. The van der Waals surface area contributed by atoms with Gasteiger partial charge in [0.15, 0.2) is 0 Å². The van der Waals surface area contributed by atoms with Gasteiger partial charge in [-0.3, -0.25) is 9.59 Å². The minimum Gasteiger partial charge on any atom is -0.343 e. The summed E-state index contributed by atoms with van der Waals surface area (Å²) >= 11 is 1.19. The number of hydrogen-bond acceptors (Lipinski definition) is 5. The third-order valence-corrected chi connectivity index (χ3v) is 5.78. The van der Waals surface area contributed by atoms with Crippen molar-refractivity contribution in [2.24, 2.45) is 0 Å². The number of amides is 1. The summed E-state index contributed by atoms with van der Waals surface area (Å²) in [4.78, 5) is 26.1. The molecule has 3 heterocycles. The Labute approximate surface area is 151 Å². The molecule has 1 aliphatic rings. The van der Waals surface area contributed by atoms with Crippen molar-refractivity contribution < 1.29 is 4.79 Å². The molecule has 2 aromatic rings. The Morgan fingerprint density at radius 3 is 2.68 bits per heavy atom. The number of rotatable bonds is 5. The maximum Gasteiger partial charge on any atom is 0.307 e. The van der Waals surface area contributed by atoms with E-state index in [1.165, 1.54) is 11.3 Å². The van der Waals surface area contributed by atoms with Gasteiger partial charge in [-0.15, -0.1) is 10.2 Å². The van der Waals surface area contributed by atoms with Crippen molar-refractivity contribution in [3.05, 3.63) is 32.9 Å². The zero-order chi connectivity index (χ0) is 18.0. The molecule has 2 aromatic heterocycles. The fraction of sp³-hybridized carbons (Fsp3) is 0.647. The predicted octanol–water partition coefficient (Wildman–Crippen LogP) is 2.19. The lowest BCUT2D eigenvalue weighted by Crippen LogP contribution is -2.39. The van der Waals surface area contributed by atoms with Gasteiger partial charge in [-0.1, -0.05) is 11.3 Å². The number of piperidine rings is 1. The Bertz CT molecular complexity index is 783. The van der Waals surface area contributed by atoms with Gasteiger partial charge in [0, 0.05) is 49.1 Å². The Morgan fingerprint density at radius 1 is 1.36 bits per heavy atom. The van der Waals surface area contributed by atoms with E-state index in [9.17, 15) is 9.59 Å². The summed E-state index contributed by atoms with van der Waals surface area (Å²) < 4.78 is 3.80. The van der Waals surface area contributed by atoms with Crippen LogP contribution in [0.25, 0.3) is 0 Å². The van der Waals surface area contributed by atoms with Crippen LogP contribution in [-0.2, 0) is 11.3 Å². The molecule has 1 saturated heterocycles. The summed E-state index contributed by atoms with van der Waals surface area (Å²) in [5.74, 6) is 1.51. The summed E-state index contributed by atoms with van der Waals surface area (Å²) in [5.41, 5.74) is 0.925. The van der Waals surface area contributed by atoms with Crippen LogP contribution < -0.4 is 4.87 Å². The van der Waals surface area contributed by atoms with Gasteiger partial charge in [-0.25, -0.2) is 0 Å². The number of aryl methyl sites for hydroxylation is 1. The molecule has 25 heavy (non-hydrogen) atoms. The van der Waals surface area contributed by atoms with Crippen LogP contribution in [0, 0.1) is 6.92 Å². The zero-order valence-electron chi connectivity index (χ0n) is 15.0. The fourth-order valence-corrected chi connectivity index (χ4v) is 4.13. The van der Waals surface area contributed by atoms with Gasteiger partial charge in [0.05, 0.1) is 0 Å². The molecule has 0 unspecified atom stereocenters. The van der Waals surface area contributed by atoms with E-state index in [4.69, 9.17) is 0 Å². The van der Waals surface area contributed by atoms with Crippen LogP contribution in [0.4, 0.5) is 0 Å². The molecular weight excluding hydrogens is 338 g/mol. The van der Waals surface area contributed by atoms with Crippen molar-refractivity contribution in [2.45, 2.75) is 58.5 Å². The van der Waals surface area contributed by atoms with Crippen molar-refractivity contribution >= 4 is 17.2 Å². The number of carbonyl (C=O) groups is 1. The molecule has 0 N–H and O–H groups in total. The number of likely N-dealkylation sites (tertiary alicyclic amines) is 1. The first-order valence-electron chi connectivity index (χ1n) is 8.79. The molecule has 0 atom stereocenters. The van der Waals surface area contributed by atoms with Crippen molar-refractivity contribution in [1.29, 1.82) is 0 Å². The number of aromatic nitrogens is 4. The van der Waals surface area contributed by atoms with E-state index in [1.54, 1.807) is 10.9 Å². The predicted molar refractivity (Wildman–Crippen MR) is 96.9 cm³/mol. The topological polar surface area (TPSA) is 73.0 Å². The molecule has 0 bridgehead atoms. The lowest BCUT2D eigenvalue weighted by molar-refractivity contribution is -0.132. The first-order valence-corrected chi connectivity index (χ1v) is 9.67. The quantitative estimate of drug-likeness (QED) is 0.816. The van der Waals surface area contributed by atoms with E-state index in [0.29, 0.717) is 24.9 Å². The molecule has 1 amide bonds. The van der Waals surface area contributed by atoms with E-state index in [1.807, 2.05) is 17.2 Å². The van der Waals surface area contributed by atoms with Gasteiger partial charge in [-0.05, 0) is 33.6 Å². The second kappa shape index (κ2) is 7.51. The summed E-state index contributed by atoms with van der Waals surface area (Å²) in [5, 5.41) is 10.2. The van der Waals surface area contributed by atoms with Crippen LogP contribution in [0.5, 0.6) is 0 Å². The average molecular weight is 363 g/mol. The molecular formula is C17H25N5O2S. The van der Waals surface area contributed by atoms with Gasteiger partial charge in [0.1, 0.15) is 12.2 Å². The fourth-order valence-electron chi connectivity index (χ4n) is 3.37. The lowest BCUT2D eigenvalue weighted by Gasteiger charge is -2.32. The van der Waals surface area contributed by atoms with E-state index in [2.05, 4.69) is 28.6 Å². The Hall–Kier alpha value is -1.96. The molecule has 136 valence electrons. The van der Waals surface area contributed by atoms with Gasteiger partial charge in [0.2, 0.25) is 5.91 Å². The first kappa shape index (κ1) is 17.8. The molecule has 7 nitrogen and oxygen atoms in total. The Balaban J connectivity index is 1.54. The van der Waals surface area contributed by atoms with E-state index >= 15 is 0 Å². The van der Waals surface area contributed by atoms with Crippen molar-refractivity contribution in [2.75, 3.05) is 13.1 Å². The smallest absolute Gasteiger partial charge is 0.307 e. The molecule has 8 heteroatoms.